The van der Waals surface area contributed by atoms with Gasteiger partial charge in [0.25, 0.3) is 0 Å². The number of carbonyl (C=O) groups excluding carboxylic acids is 1. The lowest BCUT2D eigenvalue weighted by Gasteiger charge is -2.12. The zero-order chi connectivity index (χ0) is 17.5. The van der Waals surface area contributed by atoms with E-state index in [1.54, 1.807) is 12.1 Å². The van der Waals surface area contributed by atoms with Gasteiger partial charge in [0.05, 0.1) is 12.7 Å². The molecule has 0 aliphatic carbocycles. The van der Waals surface area contributed by atoms with Crippen LogP contribution in [0.4, 0.5) is 17.3 Å². The first-order chi connectivity index (χ1) is 11.5. The van der Waals surface area contributed by atoms with Gasteiger partial charge in [0.2, 0.25) is 0 Å². The van der Waals surface area contributed by atoms with E-state index >= 15 is 0 Å². The predicted octanol–water partition coefficient (Wildman–Crippen LogP) is 2.29. The van der Waals surface area contributed by atoms with Crippen molar-refractivity contribution in [3.63, 3.8) is 0 Å². The van der Waals surface area contributed by atoms with E-state index < -0.39 is 0 Å². The molecule has 0 saturated carbocycles. The Labute approximate surface area is 142 Å². The number of hydrogen-bond acceptors (Lipinski definition) is 7. The largest absolute Gasteiger partial charge is 0.465 e. The number of likely N-dealkylation sites (N-methyl/N-ethyl adjacent to an activating group) is 1. The summed E-state index contributed by atoms with van der Waals surface area (Å²) in [5.41, 5.74) is 1.34. The second kappa shape index (κ2) is 8.26. The standard InChI is InChI=1S/C17H23N5O2/c1-12-19-15(18-9-10-22(2)3)11-16(20-12)21-14-7-5-13(6-8-14)17(23)24-4/h5-8,11H,9-10H2,1-4H3,(H2,18,19,20,21). The fourth-order valence-corrected chi connectivity index (χ4v) is 2.09. The van der Waals surface area contributed by atoms with Crippen molar-refractivity contribution in [2.75, 3.05) is 44.9 Å². The molecule has 0 fully saturated rings. The van der Waals surface area contributed by atoms with E-state index in [1.165, 1.54) is 7.11 Å². The average molecular weight is 329 g/mol. The minimum Gasteiger partial charge on any atom is -0.465 e. The summed E-state index contributed by atoms with van der Waals surface area (Å²) in [6, 6.07) is 8.89. The van der Waals surface area contributed by atoms with Crippen LogP contribution in [0.15, 0.2) is 30.3 Å². The van der Waals surface area contributed by atoms with E-state index in [0.29, 0.717) is 17.2 Å². The monoisotopic (exact) mass is 329 g/mol. The van der Waals surface area contributed by atoms with Gasteiger partial charge in [-0.05, 0) is 45.3 Å². The van der Waals surface area contributed by atoms with E-state index in [0.717, 1.165) is 24.6 Å². The zero-order valence-corrected chi connectivity index (χ0v) is 14.5. The molecule has 0 bridgehead atoms. The molecule has 7 heteroatoms. The van der Waals surface area contributed by atoms with Crippen molar-refractivity contribution in [3.8, 4) is 0 Å². The number of benzene rings is 1. The first kappa shape index (κ1) is 17.7. The first-order valence-electron chi connectivity index (χ1n) is 7.67. The van der Waals surface area contributed by atoms with E-state index in [4.69, 9.17) is 0 Å². The lowest BCUT2D eigenvalue weighted by molar-refractivity contribution is 0.0601. The van der Waals surface area contributed by atoms with Gasteiger partial charge in [-0.3, -0.25) is 0 Å². The Morgan fingerprint density at radius 3 is 2.46 bits per heavy atom. The van der Waals surface area contributed by atoms with Crippen molar-refractivity contribution in [3.05, 3.63) is 41.7 Å². The number of anilines is 3. The number of nitrogens with zero attached hydrogens (tertiary/aromatic N) is 3. The lowest BCUT2D eigenvalue weighted by atomic mass is 10.2. The molecule has 1 aromatic carbocycles. The number of nitrogens with one attached hydrogen (secondary N) is 2. The molecule has 0 spiro atoms. The van der Waals surface area contributed by atoms with Crippen molar-refractivity contribution < 1.29 is 9.53 Å². The smallest absolute Gasteiger partial charge is 0.337 e. The number of esters is 1. The summed E-state index contributed by atoms with van der Waals surface area (Å²) in [5, 5.41) is 6.50. The molecule has 0 saturated heterocycles. The van der Waals surface area contributed by atoms with Crippen LogP contribution in [0.5, 0.6) is 0 Å². The van der Waals surface area contributed by atoms with Crippen LogP contribution >= 0.6 is 0 Å². The molecule has 0 amide bonds. The molecule has 0 aliphatic heterocycles. The van der Waals surface area contributed by atoms with Crippen molar-refractivity contribution in [2.24, 2.45) is 0 Å². The summed E-state index contributed by atoms with van der Waals surface area (Å²) in [5.74, 6) is 1.80. The summed E-state index contributed by atoms with van der Waals surface area (Å²) < 4.78 is 4.69. The van der Waals surface area contributed by atoms with Crippen LogP contribution in [0.25, 0.3) is 0 Å². The van der Waals surface area contributed by atoms with Crippen molar-refractivity contribution in [1.29, 1.82) is 0 Å². The molecular weight excluding hydrogens is 306 g/mol. The molecule has 128 valence electrons. The first-order valence-corrected chi connectivity index (χ1v) is 7.67. The Balaban J connectivity index is 2.06. The van der Waals surface area contributed by atoms with Crippen LogP contribution < -0.4 is 10.6 Å². The fraction of sp³-hybridized carbons (Fsp3) is 0.353. The van der Waals surface area contributed by atoms with Gasteiger partial charge in [-0.1, -0.05) is 0 Å². The summed E-state index contributed by atoms with van der Waals surface area (Å²) in [4.78, 5) is 22.3. The molecule has 1 heterocycles. The summed E-state index contributed by atoms with van der Waals surface area (Å²) >= 11 is 0. The number of hydrogen-bond donors (Lipinski definition) is 2. The summed E-state index contributed by atoms with van der Waals surface area (Å²) in [6.07, 6.45) is 0. The molecule has 0 aliphatic rings. The number of aryl methyl sites for hydroxylation is 1. The normalized spacial score (nSPS) is 10.5. The quantitative estimate of drug-likeness (QED) is 0.754. The molecule has 7 nitrogen and oxygen atoms in total. The highest BCUT2D eigenvalue weighted by molar-refractivity contribution is 5.89. The van der Waals surface area contributed by atoms with Crippen molar-refractivity contribution in [2.45, 2.75) is 6.92 Å². The maximum absolute atomic E-state index is 11.4. The maximum atomic E-state index is 11.4. The SMILES string of the molecule is COC(=O)c1ccc(Nc2cc(NCCN(C)C)nc(C)n2)cc1. The lowest BCUT2D eigenvalue weighted by Crippen LogP contribution is -2.21. The van der Waals surface area contributed by atoms with Crippen LogP contribution in [0.3, 0.4) is 0 Å². The van der Waals surface area contributed by atoms with Gasteiger partial charge in [-0.25, -0.2) is 14.8 Å². The van der Waals surface area contributed by atoms with E-state index in [2.05, 4.69) is 30.2 Å². The second-order valence-electron chi connectivity index (χ2n) is 5.61. The average Bonchev–Trinajstić information content (AvgIpc) is 2.54. The summed E-state index contributed by atoms with van der Waals surface area (Å²) in [6.45, 7) is 3.57. The molecular formula is C17H23N5O2. The van der Waals surface area contributed by atoms with Crippen LogP contribution in [0.1, 0.15) is 16.2 Å². The second-order valence-corrected chi connectivity index (χ2v) is 5.61. The fourth-order valence-electron chi connectivity index (χ4n) is 2.09. The van der Waals surface area contributed by atoms with Crippen molar-refractivity contribution in [1.82, 2.24) is 14.9 Å². The molecule has 2 aromatic rings. The Bertz CT molecular complexity index is 686. The van der Waals surface area contributed by atoms with Crippen LogP contribution in [-0.2, 0) is 4.74 Å². The number of rotatable bonds is 7. The highest BCUT2D eigenvalue weighted by atomic mass is 16.5. The van der Waals surface area contributed by atoms with Gasteiger partial charge in [0.15, 0.2) is 0 Å². The Kier molecular flexibility index (Phi) is 6.08. The highest BCUT2D eigenvalue weighted by Crippen LogP contribution is 2.18. The molecule has 2 N–H and O–H groups in total. The van der Waals surface area contributed by atoms with Crippen LogP contribution in [-0.4, -0.2) is 55.1 Å². The third-order valence-electron chi connectivity index (χ3n) is 3.28. The molecule has 2 rings (SSSR count). The minimum atomic E-state index is -0.355. The molecule has 0 radical (unpaired) electrons. The Hall–Kier alpha value is -2.67. The molecule has 0 unspecified atom stereocenters. The van der Waals surface area contributed by atoms with Crippen LogP contribution in [0, 0.1) is 6.92 Å². The Morgan fingerprint density at radius 1 is 1.17 bits per heavy atom. The third kappa shape index (κ3) is 5.20. The van der Waals surface area contributed by atoms with Crippen LogP contribution in [0.2, 0.25) is 0 Å². The van der Waals surface area contributed by atoms with Gasteiger partial charge < -0.3 is 20.3 Å². The number of carbonyl (C=O) groups is 1. The highest BCUT2D eigenvalue weighted by Gasteiger charge is 2.06. The molecule has 24 heavy (non-hydrogen) atoms. The van der Waals surface area contributed by atoms with Crippen molar-refractivity contribution >= 4 is 23.3 Å². The predicted molar refractivity (Wildman–Crippen MR) is 94.9 cm³/mol. The summed E-state index contributed by atoms with van der Waals surface area (Å²) in [7, 11) is 5.42. The zero-order valence-electron chi connectivity index (χ0n) is 14.5. The van der Waals surface area contributed by atoms with Gasteiger partial charge in [-0.15, -0.1) is 0 Å². The van der Waals surface area contributed by atoms with Gasteiger partial charge >= 0.3 is 5.97 Å². The third-order valence-corrected chi connectivity index (χ3v) is 3.28. The Morgan fingerprint density at radius 2 is 1.83 bits per heavy atom. The molecule has 1 aromatic heterocycles. The number of aromatic nitrogens is 2. The topological polar surface area (TPSA) is 79.4 Å². The van der Waals surface area contributed by atoms with Gasteiger partial charge in [-0.2, -0.15) is 0 Å². The number of methoxy groups -OCH3 is 1. The van der Waals surface area contributed by atoms with Gasteiger partial charge in [0, 0.05) is 24.8 Å². The molecule has 0 atom stereocenters. The maximum Gasteiger partial charge on any atom is 0.337 e. The minimum absolute atomic E-state index is 0.355. The van der Waals surface area contributed by atoms with E-state index in [9.17, 15) is 4.79 Å². The van der Waals surface area contributed by atoms with Gasteiger partial charge in [0.1, 0.15) is 17.5 Å². The van der Waals surface area contributed by atoms with E-state index in [1.807, 2.05) is 39.2 Å². The number of ether oxygens (including phenoxy) is 1. The van der Waals surface area contributed by atoms with E-state index in [-0.39, 0.29) is 5.97 Å².